The van der Waals surface area contributed by atoms with E-state index in [0.717, 1.165) is 44.3 Å². The van der Waals surface area contributed by atoms with Gasteiger partial charge < -0.3 is 5.11 Å². The molecule has 1 aromatic heterocycles. The number of aromatic amines is 1. The zero-order valence-electron chi connectivity index (χ0n) is 10.1. The lowest BCUT2D eigenvalue weighted by Gasteiger charge is -2.25. The number of nitrogens with one attached hydrogen (secondary N) is 1. The van der Waals surface area contributed by atoms with Crippen LogP contribution in [0.25, 0.3) is 0 Å². The van der Waals surface area contributed by atoms with Gasteiger partial charge in [-0.05, 0) is 19.3 Å². The third-order valence-electron chi connectivity index (χ3n) is 3.45. The summed E-state index contributed by atoms with van der Waals surface area (Å²) in [5.74, 6) is 0.534. The SMILES string of the molecule is CCCc1nc(C2CCCCC2C(=O)O)n[nH]1. The number of hydrogen-bond donors (Lipinski definition) is 2. The van der Waals surface area contributed by atoms with Crippen LogP contribution in [0.2, 0.25) is 0 Å². The molecule has 2 unspecified atom stereocenters. The molecule has 5 nitrogen and oxygen atoms in total. The molecule has 0 spiro atoms. The topological polar surface area (TPSA) is 78.9 Å². The van der Waals surface area contributed by atoms with E-state index >= 15 is 0 Å². The van der Waals surface area contributed by atoms with Crippen molar-refractivity contribution in [2.75, 3.05) is 0 Å². The molecule has 1 saturated carbocycles. The molecule has 0 aliphatic heterocycles. The monoisotopic (exact) mass is 237 g/mol. The van der Waals surface area contributed by atoms with E-state index in [1.165, 1.54) is 0 Å². The normalized spacial score (nSPS) is 24.8. The van der Waals surface area contributed by atoms with Gasteiger partial charge in [0.15, 0.2) is 5.82 Å². The number of carboxylic acid groups (broad SMARTS) is 1. The number of aryl methyl sites for hydroxylation is 1. The minimum Gasteiger partial charge on any atom is -0.481 e. The minimum absolute atomic E-state index is 0.0110. The molecule has 0 saturated heterocycles. The molecule has 0 bridgehead atoms. The van der Waals surface area contributed by atoms with E-state index < -0.39 is 5.97 Å². The van der Waals surface area contributed by atoms with Crippen LogP contribution in [0, 0.1) is 5.92 Å². The lowest BCUT2D eigenvalue weighted by Crippen LogP contribution is -2.26. The van der Waals surface area contributed by atoms with Crippen LogP contribution in [0.1, 0.15) is 56.6 Å². The van der Waals surface area contributed by atoms with E-state index in [0.29, 0.717) is 5.82 Å². The Balaban J connectivity index is 2.14. The number of aromatic nitrogens is 3. The van der Waals surface area contributed by atoms with Gasteiger partial charge in [-0.2, -0.15) is 5.10 Å². The Morgan fingerprint density at radius 3 is 2.94 bits per heavy atom. The molecular weight excluding hydrogens is 218 g/mol. The standard InChI is InChI=1S/C12H19N3O2/c1-2-5-10-13-11(15-14-10)8-6-3-4-7-9(8)12(16)17/h8-9H,2-7H2,1H3,(H,16,17)(H,13,14,15). The second kappa shape index (κ2) is 5.29. The molecule has 0 aromatic carbocycles. The fourth-order valence-electron chi connectivity index (χ4n) is 2.56. The predicted molar refractivity (Wildman–Crippen MR) is 62.7 cm³/mol. The summed E-state index contributed by atoms with van der Waals surface area (Å²) in [7, 11) is 0. The van der Waals surface area contributed by atoms with Crippen molar-refractivity contribution in [1.29, 1.82) is 0 Å². The predicted octanol–water partition coefficient (Wildman–Crippen LogP) is 2.12. The van der Waals surface area contributed by atoms with Gasteiger partial charge in [0.2, 0.25) is 0 Å². The van der Waals surface area contributed by atoms with Crippen molar-refractivity contribution in [3.05, 3.63) is 11.6 Å². The largest absolute Gasteiger partial charge is 0.481 e. The summed E-state index contributed by atoms with van der Waals surface area (Å²) in [5.41, 5.74) is 0. The highest BCUT2D eigenvalue weighted by Gasteiger charge is 2.34. The zero-order chi connectivity index (χ0) is 12.3. The summed E-state index contributed by atoms with van der Waals surface area (Å²) in [6, 6.07) is 0. The van der Waals surface area contributed by atoms with Crippen molar-refractivity contribution in [2.45, 2.75) is 51.4 Å². The van der Waals surface area contributed by atoms with Gasteiger partial charge in [0.1, 0.15) is 5.82 Å². The van der Waals surface area contributed by atoms with Crippen LogP contribution in [0.15, 0.2) is 0 Å². The Labute approximate surface area is 101 Å². The number of aliphatic carboxylic acids is 1. The third-order valence-corrected chi connectivity index (χ3v) is 3.45. The average Bonchev–Trinajstić information content (AvgIpc) is 2.78. The lowest BCUT2D eigenvalue weighted by molar-refractivity contribution is -0.143. The molecule has 17 heavy (non-hydrogen) atoms. The van der Waals surface area contributed by atoms with Crippen LogP contribution in [0.4, 0.5) is 0 Å². The van der Waals surface area contributed by atoms with Crippen LogP contribution in [-0.4, -0.2) is 26.3 Å². The highest BCUT2D eigenvalue weighted by molar-refractivity contribution is 5.71. The van der Waals surface area contributed by atoms with E-state index in [-0.39, 0.29) is 11.8 Å². The Hall–Kier alpha value is -1.39. The third kappa shape index (κ3) is 2.65. The van der Waals surface area contributed by atoms with Gasteiger partial charge in [-0.25, -0.2) is 4.98 Å². The summed E-state index contributed by atoms with van der Waals surface area (Å²) >= 11 is 0. The Morgan fingerprint density at radius 1 is 1.47 bits per heavy atom. The molecule has 0 radical (unpaired) electrons. The molecule has 2 atom stereocenters. The van der Waals surface area contributed by atoms with Crippen molar-refractivity contribution in [1.82, 2.24) is 15.2 Å². The minimum atomic E-state index is -0.712. The van der Waals surface area contributed by atoms with Gasteiger partial charge in [-0.3, -0.25) is 9.89 Å². The first-order valence-electron chi connectivity index (χ1n) is 6.36. The number of nitrogens with zero attached hydrogens (tertiary/aromatic N) is 2. The fourth-order valence-corrected chi connectivity index (χ4v) is 2.56. The van der Waals surface area contributed by atoms with Crippen molar-refractivity contribution < 1.29 is 9.90 Å². The van der Waals surface area contributed by atoms with Gasteiger partial charge in [-0.15, -0.1) is 0 Å². The fraction of sp³-hybridized carbons (Fsp3) is 0.750. The van der Waals surface area contributed by atoms with Crippen LogP contribution >= 0.6 is 0 Å². The zero-order valence-corrected chi connectivity index (χ0v) is 10.1. The Bertz CT molecular complexity index is 389. The molecule has 94 valence electrons. The number of hydrogen-bond acceptors (Lipinski definition) is 3. The molecule has 0 amide bonds. The average molecular weight is 237 g/mol. The maximum Gasteiger partial charge on any atom is 0.307 e. The number of carboxylic acids is 1. The summed E-state index contributed by atoms with van der Waals surface area (Å²) in [6.07, 6.45) is 5.60. The van der Waals surface area contributed by atoms with Crippen LogP contribution in [0.3, 0.4) is 0 Å². The highest BCUT2D eigenvalue weighted by atomic mass is 16.4. The number of rotatable bonds is 4. The lowest BCUT2D eigenvalue weighted by atomic mass is 9.79. The molecule has 2 rings (SSSR count). The molecule has 1 heterocycles. The molecule has 2 N–H and O–H groups in total. The number of H-pyrrole nitrogens is 1. The molecule has 1 fully saturated rings. The number of carbonyl (C=O) groups is 1. The summed E-state index contributed by atoms with van der Waals surface area (Å²) in [4.78, 5) is 15.6. The van der Waals surface area contributed by atoms with Crippen molar-refractivity contribution in [3.8, 4) is 0 Å². The molecular formula is C12H19N3O2. The van der Waals surface area contributed by atoms with E-state index in [1.807, 2.05) is 0 Å². The van der Waals surface area contributed by atoms with Crippen LogP contribution < -0.4 is 0 Å². The van der Waals surface area contributed by atoms with E-state index in [9.17, 15) is 9.90 Å². The van der Waals surface area contributed by atoms with Crippen LogP contribution in [-0.2, 0) is 11.2 Å². The molecule has 5 heteroatoms. The first-order valence-corrected chi connectivity index (χ1v) is 6.36. The van der Waals surface area contributed by atoms with Gasteiger partial charge in [-0.1, -0.05) is 19.8 Å². The molecule has 1 aromatic rings. The Kier molecular flexibility index (Phi) is 3.76. The summed E-state index contributed by atoms with van der Waals surface area (Å²) in [6.45, 7) is 2.09. The second-order valence-electron chi connectivity index (χ2n) is 4.73. The van der Waals surface area contributed by atoms with Gasteiger partial charge in [0.25, 0.3) is 0 Å². The highest BCUT2D eigenvalue weighted by Crippen LogP contribution is 2.36. The van der Waals surface area contributed by atoms with Gasteiger partial charge in [0, 0.05) is 12.3 Å². The van der Waals surface area contributed by atoms with E-state index in [1.54, 1.807) is 0 Å². The van der Waals surface area contributed by atoms with Gasteiger partial charge >= 0.3 is 5.97 Å². The quantitative estimate of drug-likeness (QED) is 0.840. The first kappa shape index (κ1) is 12.1. The van der Waals surface area contributed by atoms with Crippen molar-refractivity contribution >= 4 is 5.97 Å². The Morgan fingerprint density at radius 2 is 2.24 bits per heavy atom. The maximum absolute atomic E-state index is 11.2. The molecule has 1 aliphatic carbocycles. The van der Waals surface area contributed by atoms with Crippen LogP contribution in [0.5, 0.6) is 0 Å². The second-order valence-corrected chi connectivity index (χ2v) is 4.73. The molecule has 1 aliphatic rings. The first-order chi connectivity index (χ1) is 8.22. The van der Waals surface area contributed by atoms with Crippen molar-refractivity contribution in [2.24, 2.45) is 5.92 Å². The van der Waals surface area contributed by atoms with Gasteiger partial charge in [0.05, 0.1) is 5.92 Å². The van der Waals surface area contributed by atoms with E-state index in [4.69, 9.17) is 0 Å². The van der Waals surface area contributed by atoms with Crippen molar-refractivity contribution in [3.63, 3.8) is 0 Å². The summed E-state index contributed by atoms with van der Waals surface area (Å²) < 4.78 is 0. The summed E-state index contributed by atoms with van der Waals surface area (Å²) in [5, 5.41) is 16.3. The maximum atomic E-state index is 11.2. The smallest absolute Gasteiger partial charge is 0.307 e. The van der Waals surface area contributed by atoms with E-state index in [2.05, 4.69) is 22.1 Å².